The van der Waals surface area contributed by atoms with Crippen molar-refractivity contribution in [3.63, 3.8) is 0 Å². The van der Waals surface area contributed by atoms with Crippen LogP contribution in [0.15, 0.2) is 9.05 Å². The number of hydrogen-bond donors (Lipinski definition) is 0. The number of aromatic nitrogens is 2. The van der Waals surface area contributed by atoms with Crippen LogP contribution in [0.25, 0.3) is 0 Å². The maximum absolute atomic E-state index is 5.32. The molecule has 0 spiro atoms. The van der Waals surface area contributed by atoms with Crippen molar-refractivity contribution in [2.24, 2.45) is 0 Å². The third kappa shape index (κ3) is 3.56. The van der Waals surface area contributed by atoms with E-state index in [4.69, 9.17) is 13.8 Å². The Morgan fingerprint density at radius 2 is 1.41 bits per heavy atom. The molecule has 2 rings (SSSR count). The monoisotopic (exact) mass is 307 g/mol. The predicted molar refractivity (Wildman–Crippen MR) is 82.5 cm³/mol. The highest BCUT2D eigenvalue weighted by atomic mass is 16.5. The van der Waals surface area contributed by atoms with E-state index in [1.807, 2.05) is 27.7 Å². The Balaban J connectivity index is 2.23. The van der Waals surface area contributed by atoms with Gasteiger partial charge in [0.2, 0.25) is 0 Å². The minimum Gasteiger partial charge on any atom is -0.383 e. The van der Waals surface area contributed by atoms with E-state index in [1.165, 1.54) is 0 Å². The summed E-state index contributed by atoms with van der Waals surface area (Å²) >= 11 is 0. The maximum atomic E-state index is 5.32. The van der Waals surface area contributed by atoms with E-state index in [-0.39, 0.29) is 6.04 Å². The highest BCUT2D eigenvalue weighted by Gasteiger charge is 2.22. The lowest BCUT2D eigenvalue weighted by Crippen LogP contribution is -2.35. The third-order valence-corrected chi connectivity index (χ3v) is 4.12. The molecular formula is C16H25N3O3. The van der Waals surface area contributed by atoms with Gasteiger partial charge in [-0.25, -0.2) is 0 Å². The van der Waals surface area contributed by atoms with Gasteiger partial charge in [0.25, 0.3) is 0 Å². The second-order valence-electron chi connectivity index (χ2n) is 5.81. The minimum absolute atomic E-state index is 0.257. The van der Waals surface area contributed by atoms with Gasteiger partial charge < -0.3 is 13.8 Å². The number of methoxy groups -OCH3 is 1. The average Bonchev–Trinajstić information content (AvgIpc) is 2.96. The first-order valence-corrected chi connectivity index (χ1v) is 7.50. The van der Waals surface area contributed by atoms with Crippen LogP contribution in [0, 0.1) is 27.7 Å². The van der Waals surface area contributed by atoms with Crippen molar-refractivity contribution in [3.8, 4) is 0 Å². The highest BCUT2D eigenvalue weighted by Crippen LogP contribution is 2.21. The van der Waals surface area contributed by atoms with Crippen LogP contribution in [-0.2, 0) is 17.8 Å². The van der Waals surface area contributed by atoms with Gasteiger partial charge in [-0.05, 0) is 34.6 Å². The molecule has 6 nitrogen and oxygen atoms in total. The van der Waals surface area contributed by atoms with Gasteiger partial charge in [-0.1, -0.05) is 10.3 Å². The van der Waals surface area contributed by atoms with E-state index in [0.29, 0.717) is 6.61 Å². The summed E-state index contributed by atoms with van der Waals surface area (Å²) in [6.45, 7) is 12.2. The van der Waals surface area contributed by atoms with Crippen LogP contribution in [0.1, 0.15) is 41.0 Å². The van der Waals surface area contributed by atoms with Crippen LogP contribution < -0.4 is 0 Å². The number of aryl methyl sites for hydroxylation is 4. The van der Waals surface area contributed by atoms with Crippen LogP contribution in [0.2, 0.25) is 0 Å². The molecule has 6 heteroatoms. The number of hydrogen-bond acceptors (Lipinski definition) is 6. The van der Waals surface area contributed by atoms with Gasteiger partial charge in [0.1, 0.15) is 11.5 Å². The van der Waals surface area contributed by atoms with Crippen LogP contribution in [0.5, 0.6) is 0 Å². The van der Waals surface area contributed by atoms with E-state index >= 15 is 0 Å². The molecule has 0 aliphatic heterocycles. The molecule has 0 saturated carbocycles. The fraction of sp³-hybridized carbons (Fsp3) is 0.625. The Kier molecular flexibility index (Phi) is 5.37. The van der Waals surface area contributed by atoms with E-state index in [9.17, 15) is 0 Å². The average molecular weight is 307 g/mol. The molecule has 0 N–H and O–H groups in total. The molecule has 0 amide bonds. The summed E-state index contributed by atoms with van der Waals surface area (Å²) in [5, 5.41) is 8.09. The topological polar surface area (TPSA) is 64.5 Å². The number of rotatable bonds is 7. The zero-order chi connectivity index (χ0) is 16.3. The van der Waals surface area contributed by atoms with Gasteiger partial charge in [-0.15, -0.1) is 0 Å². The zero-order valence-electron chi connectivity index (χ0n) is 14.3. The summed E-state index contributed by atoms with van der Waals surface area (Å²) in [6.07, 6.45) is 0. The molecule has 22 heavy (non-hydrogen) atoms. The summed E-state index contributed by atoms with van der Waals surface area (Å²) in [7, 11) is 1.72. The van der Waals surface area contributed by atoms with E-state index in [2.05, 4.69) is 22.1 Å². The maximum Gasteiger partial charge on any atom is 0.138 e. The van der Waals surface area contributed by atoms with Gasteiger partial charge in [0, 0.05) is 37.4 Å². The summed E-state index contributed by atoms with van der Waals surface area (Å²) in [6, 6.07) is 0.257. The first kappa shape index (κ1) is 16.7. The number of nitrogens with zero attached hydrogens (tertiary/aromatic N) is 3. The fourth-order valence-corrected chi connectivity index (χ4v) is 2.58. The smallest absolute Gasteiger partial charge is 0.138 e. The normalized spacial score (nSPS) is 13.0. The lowest BCUT2D eigenvalue weighted by atomic mass is 10.1. The molecule has 0 aliphatic carbocycles. The fourth-order valence-electron chi connectivity index (χ4n) is 2.58. The molecule has 0 bridgehead atoms. The Morgan fingerprint density at radius 3 is 1.73 bits per heavy atom. The van der Waals surface area contributed by atoms with Crippen molar-refractivity contribution in [2.75, 3.05) is 13.7 Å². The van der Waals surface area contributed by atoms with Gasteiger partial charge in [-0.3, -0.25) is 4.90 Å². The van der Waals surface area contributed by atoms with E-state index in [0.717, 1.165) is 47.1 Å². The Bertz CT molecular complexity index is 531. The molecule has 0 fully saturated rings. The molecule has 2 aromatic heterocycles. The second-order valence-corrected chi connectivity index (χ2v) is 5.81. The van der Waals surface area contributed by atoms with Crippen molar-refractivity contribution in [2.45, 2.75) is 53.8 Å². The van der Waals surface area contributed by atoms with Gasteiger partial charge in [0.05, 0.1) is 18.0 Å². The van der Waals surface area contributed by atoms with Crippen molar-refractivity contribution in [1.82, 2.24) is 15.2 Å². The van der Waals surface area contributed by atoms with Crippen molar-refractivity contribution < 1.29 is 13.8 Å². The molecule has 122 valence electrons. The quantitative estimate of drug-likeness (QED) is 0.783. The first-order valence-electron chi connectivity index (χ1n) is 7.50. The van der Waals surface area contributed by atoms with Crippen molar-refractivity contribution >= 4 is 0 Å². The van der Waals surface area contributed by atoms with E-state index in [1.54, 1.807) is 7.11 Å². The van der Waals surface area contributed by atoms with Gasteiger partial charge >= 0.3 is 0 Å². The van der Waals surface area contributed by atoms with Crippen molar-refractivity contribution in [3.05, 3.63) is 34.0 Å². The van der Waals surface area contributed by atoms with Gasteiger partial charge in [0.15, 0.2) is 0 Å². The molecule has 0 aliphatic rings. The molecule has 0 radical (unpaired) electrons. The lowest BCUT2D eigenvalue weighted by molar-refractivity contribution is 0.0886. The largest absolute Gasteiger partial charge is 0.383 e. The van der Waals surface area contributed by atoms with Crippen LogP contribution in [0.4, 0.5) is 0 Å². The Morgan fingerprint density at radius 1 is 0.955 bits per heavy atom. The first-order chi connectivity index (χ1) is 10.4. The molecule has 2 heterocycles. The second kappa shape index (κ2) is 7.07. The Hall–Kier alpha value is -1.66. The molecular weight excluding hydrogens is 282 g/mol. The predicted octanol–water partition coefficient (Wildman–Crippen LogP) is 2.93. The third-order valence-electron chi connectivity index (χ3n) is 4.12. The molecule has 0 aromatic carbocycles. The highest BCUT2D eigenvalue weighted by molar-refractivity contribution is 5.23. The Labute approximate surface area is 131 Å². The van der Waals surface area contributed by atoms with Crippen LogP contribution in [0.3, 0.4) is 0 Å². The summed E-state index contributed by atoms with van der Waals surface area (Å²) in [5.74, 6) is 1.73. The number of ether oxygens (including phenoxy) is 1. The summed E-state index contributed by atoms with van der Waals surface area (Å²) in [4.78, 5) is 2.34. The summed E-state index contributed by atoms with van der Waals surface area (Å²) in [5.41, 5.74) is 4.14. The molecule has 1 atom stereocenters. The SMILES string of the molecule is COCC(C)N(Cc1c(C)noc1C)Cc1c(C)noc1C. The summed E-state index contributed by atoms with van der Waals surface area (Å²) < 4.78 is 15.9. The van der Waals surface area contributed by atoms with Gasteiger partial charge in [-0.2, -0.15) is 0 Å². The molecule has 2 aromatic rings. The lowest BCUT2D eigenvalue weighted by Gasteiger charge is -2.28. The standard InChI is InChI=1S/C16H25N3O3/c1-10(9-20-6)19(7-15-11(2)17-21-13(15)4)8-16-12(3)18-22-14(16)5/h10H,7-9H2,1-6H3. The van der Waals surface area contributed by atoms with Crippen LogP contribution in [-0.4, -0.2) is 35.0 Å². The molecule has 0 saturated heterocycles. The minimum atomic E-state index is 0.257. The van der Waals surface area contributed by atoms with E-state index < -0.39 is 0 Å². The zero-order valence-corrected chi connectivity index (χ0v) is 14.3. The van der Waals surface area contributed by atoms with Crippen molar-refractivity contribution in [1.29, 1.82) is 0 Å². The van der Waals surface area contributed by atoms with Crippen LogP contribution >= 0.6 is 0 Å². The molecule has 1 unspecified atom stereocenters.